The van der Waals surface area contributed by atoms with E-state index in [9.17, 15) is 19.8 Å². The lowest BCUT2D eigenvalue weighted by Gasteiger charge is -2.54. The summed E-state index contributed by atoms with van der Waals surface area (Å²) >= 11 is 0. The monoisotopic (exact) mass is 722 g/mol. The topological polar surface area (TPSA) is 99.5 Å². The molecule has 0 bridgehead atoms. The first-order chi connectivity index (χ1) is 24.7. The zero-order chi connectivity index (χ0) is 38.3. The number of unbranched alkanes of at least 4 members (excludes halogenated alkanes) is 4. The summed E-state index contributed by atoms with van der Waals surface area (Å²) in [6.07, 6.45) is 13.4. The molecule has 0 spiro atoms. The van der Waals surface area contributed by atoms with Crippen LogP contribution in [0.2, 0.25) is 0 Å². The first-order valence-corrected chi connectivity index (χ1v) is 20.2. The molecule has 0 aliphatic carbocycles. The van der Waals surface area contributed by atoms with Crippen molar-refractivity contribution < 1.29 is 29.4 Å². The fourth-order valence-corrected chi connectivity index (χ4v) is 7.54. The maximum atomic E-state index is 13.1. The van der Waals surface area contributed by atoms with Gasteiger partial charge >= 0.3 is 11.9 Å². The third kappa shape index (κ3) is 13.1. The second-order valence-corrected chi connectivity index (χ2v) is 15.9. The van der Waals surface area contributed by atoms with Crippen LogP contribution in [0.15, 0.2) is 24.3 Å². The van der Waals surface area contributed by atoms with E-state index in [1.54, 1.807) is 5.06 Å². The number of aryl methyl sites for hydroxylation is 6. The Morgan fingerprint density at radius 3 is 1.44 bits per heavy atom. The Labute approximate surface area is 315 Å². The predicted molar refractivity (Wildman–Crippen MR) is 210 cm³/mol. The SMILES string of the molecule is CCCCc1cc(CCC(=O)OCCN2C(C)(C)[CH]N(OC(=O)CCc3cc(CCCC)c(O)c(CCCC)c3)CC2(C)C)cc(CCCC)c1O. The van der Waals surface area contributed by atoms with Crippen LogP contribution in [0.3, 0.4) is 0 Å². The molecule has 0 saturated carbocycles. The summed E-state index contributed by atoms with van der Waals surface area (Å²) in [7, 11) is 0. The quantitative estimate of drug-likeness (QED) is 0.116. The lowest BCUT2D eigenvalue weighted by Crippen LogP contribution is -2.66. The van der Waals surface area contributed by atoms with Crippen LogP contribution in [0.4, 0.5) is 0 Å². The molecule has 2 aromatic carbocycles. The van der Waals surface area contributed by atoms with Gasteiger partial charge in [-0.25, -0.2) is 0 Å². The molecule has 1 aliphatic rings. The van der Waals surface area contributed by atoms with Gasteiger partial charge in [0.15, 0.2) is 0 Å². The number of aromatic hydroxyl groups is 2. The number of esters is 1. The molecule has 0 aromatic heterocycles. The lowest BCUT2D eigenvalue weighted by atomic mass is 9.88. The highest BCUT2D eigenvalue weighted by molar-refractivity contribution is 5.70. The van der Waals surface area contributed by atoms with Gasteiger partial charge in [0.1, 0.15) is 18.1 Å². The van der Waals surface area contributed by atoms with E-state index in [4.69, 9.17) is 9.57 Å². The van der Waals surface area contributed by atoms with Gasteiger partial charge in [0.2, 0.25) is 0 Å². The number of carbonyl (C=O) groups is 2. The van der Waals surface area contributed by atoms with Gasteiger partial charge in [-0.3, -0.25) is 14.5 Å². The number of hydrogen-bond acceptors (Lipinski definition) is 8. The number of ether oxygens (including phenoxy) is 1. The Morgan fingerprint density at radius 2 is 1.06 bits per heavy atom. The molecule has 1 radical (unpaired) electrons. The van der Waals surface area contributed by atoms with Crippen molar-refractivity contribution in [2.24, 2.45) is 0 Å². The normalized spacial score (nSPS) is 15.8. The van der Waals surface area contributed by atoms with Crippen molar-refractivity contribution in [3.8, 4) is 11.5 Å². The van der Waals surface area contributed by atoms with Crippen LogP contribution in [0.5, 0.6) is 11.5 Å². The minimum absolute atomic E-state index is 0.228. The first-order valence-electron chi connectivity index (χ1n) is 20.2. The van der Waals surface area contributed by atoms with Crippen LogP contribution in [-0.4, -0.2) is 62.9 Å². The maximum absolute atomic E-state index is 13.1. The van der Waals surface area contributed by atoms with E-state index >= 15 is 0 Å². The molecule has 3 rings (SSSR count). The van der Waals surface area contributed by atoms with E-state index in [1.807, 2.05) is 6.54 Å². The van der Waals surface area contributed by atoms with Gasteiger partial charge in [0.05, 0.1) is 19.5 Å². The number of phenolic OH excluding ortho intramolecular Hbond substituents is 2. The second kappa shape index (κ2) is 21.0. The Balaban J connectivity index is 1.53. The molecule has 0 atom stereocenters. The molecule has 52 heavy (non-hydrogen) atoms. The summed E-state index contributed by atoms with van der Waals surface area (Å²) in [5, 5.41) is 23.4. The van der Waals surface area contributed by atoms with Crippen molar-refractivity contribution in [1.82, 2.24) is 9.96 Å². The summed E-state index contributed by atoms with van der Waals surface area (Å²) in [4.78, 5) is 34.2. The van der Waals surface area contributed by atoms with Gasteiger partial charge in [0.25, 0.3) is 0 Å². The third-order valence-electron chi connectivity index (χ3n) is 10.3. The van der Waals surface area contributed by atoms with Crippen molar-refractivity contribution in [3.05, 3.63) is 64.2 Å². The molecule has 1 fully saturated rings. The van der Waals surface area contributed by atoms with Gasteiger partial charge in [-0.1, -0.05) is 77.6 Å². The summed E-state index contributed by atoms with van der Waals surface area (Å²) in [5.41, 5.74) is 5.23. The van der Waals surface area contributed by atoms with Crippen LogP contribution in [0.25, 0.3) is 0 Å². The van der Waals surface area contributed by atoms with Crippen LogP contribution >= 0.6 is 0 Å². The molecule has 2 aromatic rings. The van der Waals surface area contributed by atoms with Crippen LogP contribution in [0, 0.1) is 6.54 Å². The number of rotatable bonds is 22. The van der Waals surface area contributed by atoms with Gasteiger partial charge in [0, 0.05) is 24.0 Å². The zero-order valence-corrected chi connectivity index (χ0v) is 33.7. The van der Waals surface area contributed by atoms with Gasteiger partial charge in [-0.05, 0) is 125 Å². The van der Waals surface area contributed by atoms with Gasteiger partial charge < -0.3 is 19.8 Å². The fraction of sp³-hybridized carbons (Fsp3) is 0.659. The van der Waals surface area contributed by atoms with Crippen LogP contribution in [0.1, 0.15) is 153 Å². The number of carbonyl (C=O) groups excluding carboxylic acids is 2. The standard InChI is InChI=1S/C44H69N2O6/c1-9-13-17-35-27-33(28-36(41(35)49)18-14-10-2)21-23-39(47)51-26-25-46-43(5,6)31-45(32-44(46,7)8)52-40(48)24-22-34-29-37(19-15-11-3)42(50)38(30-34)20-16-12-4/h27-31,49-50H,9-26,32H2,1-8H3. The van der Waals surface area contributed by atoms with E-state index in [0.717, 1.165) is 110 Å². The molecule has 2 N–H and O–H groups in total. The fourth-order valence-electron chi connectivity index (χ4n) is 7.54. The molecule has 291 valence electrons. The molecule has 8 nitrogen and oxygen atoms in total. The number of nitrogens with zero attached hydrogens (tertiary/aromatic N) is 2. The van der Waals surface area contributed by atoms with E-state index < -0.39 is 5.54 Å². The van der Waals surface area contributed by atoms with E-state index in [1.165, 1.54) is 0 Å². The molecule has 1 saturated heterocycles. The number of hydroxylamine groups is 2. The van der Waals surface area contributed by atoms with Gasteiger partial charge in [-0.15, -0.1) is 5.06 Å². The molecule has 0 unspecified atom stereocenters. The Bertz CT molecular complexity index is 1360. The maximum Gasteiger partial charge on any atom is 0.325 e. The number of phenols is 2. The van der Waals surface area contributed by atoms with E-state index in [0.29, 0.717) is 37.4 Å². The Kier molecular flexibility index (Phi) is 17.5. The number of benzene rings is 2. The molecule has 1 aliphatic heterocycles. The highest BCUT2D eigenvalue weighted by atomic mass is 16.7. The highest BCUT2D eigenvalue weighted by Crippen LogP contribution is 2.35. The Morgan fingerprint density at radius 1 is 0.654 bits per heavy atom. The molecule has 8 heteroatoms. The summed E-state index contributed by atoms with van der Waals surface area (Å²) in [5.74, 6) is 0.328. The number of piperazine rings is 1. The van der Waals surface area contributed by atoms with Gasteiger partial charge in [-0.2, -0.15) is 0 Å². The average molecular weight is 722 g/mol. The first kappa shape index (κ1) is 43.3. The van der Waals surface area contributed by atoms with Crippen molar-refractivity contribution in [2.75, 3.05) is 19.7 Å². The minimum Gasteiger partial charge on any atom is -0.507 e. The molecule has 0 amide bonds. The van der Waals surface area contributed by atoms with Crippen LogP contribution < -0.4 is 0 Å². The van der Waals surface area contributed by atoms with Crippen molar-refractivity contribution in [1.29, 1.82) is 0 Å². The smallest absolute Gasteiger partial charge is 0.325 e. The largest absolute Gasteiger partial charge is 0.507 e. The second-order valence-electron chi connectivity index (χ2n) is 15.9. The predicted octanol–water partition coefficient (Wildman–Crippen LogP) is 9.37. The molecule has 1 heterocycles. The Hall–Kier alpha value is -3.10. The number of hydrogen-bond donors (Lipinski definition) is 2. The van der Waals surface area contributed by atoms with E-state index in [-0.39, 0.29) is 36.9 Å². The van der Waals surface area contributed by atoms with E-state index in [2.05, 4.69) is 84.6 Å². The third-order valence-corrected chi connectivity index (χ3v) is 10.3. The molecular formula is C44H69N2O6. The lowest BCUT2D eigenvalue weighted by molar-refractivity contribution is -0.211. The average Bonchev–Trinajstić information content (AvgIpc) is 3.09. The molecular weight excluding hydrogens is 652 g/mol. The zero-order valence-electron chi connectivity index (χ0n) is 33.7. The van der Waals surface area contributed by atoms with Crippen molar-refractivity contribution in [3.63, 3.8) is 0 Å². The summed E-state index contributed by atoms with van der Waals surface area (Å²) in [6, 6.07) is 8.23. The highest BCUT2D eigenvalue weighted by Gasteiger charge is 2.46. The summed E-state index contributed by atoms with van der Waals surface area (Å²) < 4.78 is 5.74. The van der Waals surface area contributed by atoms with Crippen molar-refractivity contribution >= 4 is 11.9 Å². The van der Waals surface area contributed by atoms with Crippen molar-refractivity contribution in [2.45, 2.75) is 169 Å². The minimum atomic E-state index is -0.455. The summed E-state index contributed by atoms with van der Waals surface area (Å²) in [6.45, 7) is 20.3. The van der Waals surface area contributed by atoms with Crippen LogP contribution in [-0.2, 0) is 57.7 Å².